The maximum atomic E-state index is 5.84. The van der Waals surface area contributed by atoms with Crippen LogP contribution in [0.15, 0.2) is 18.3 Å². The van der Waals surface area contributed by atoms with Crippen molar-refractivity contribution in [2.45, 2.75) is 18.9 Å². The molecule has 1 atom stereocenters. The van der Waals surface area contributed by atoms with Gasteiger partial charge < -0.3 is 0 Å². The lowest BCUT2D eigenvalue weighted by Crippen LogP contribution is -2.17. The van der Waals surface area contributed by atoms with Gasteiger partial charge >= 0.3 is 0 Å². The van der Waals surface area contributed by atoms with Crippen molar-refractivity contribution in [1.82, 2.24) is 9.88 Å². The van der Waals surface area contributed by atoms with Crippen molar-refractivity contribution in [3.05, 3.63) is 29.0 Å². The molecule has 1 fully saturated rings. The van der Waals surface area contributed by atoms with E-state index in [4.69, 9.17) is 11.6 Å². The second kappa shape index (κ2) is 3.64. The highest BCUT2D eigenvalue weighted by atomic mass is 35.5. The van der Waals surface area contributed by atoms with Crippen molar-refractivity contribution in [2.24, 2.45) is 0 Å². The van der Waals surface area contributed by atoms with E-state index in [2.05, 4.69) is 23.0 Å². The van der Waals surface area contributed by atoms with Crippen molar-refractivity contribution in [2.75, 3.05) is 13.6 Å². The zero-order valence-electron chi connectivity index (χ0n) is 7.70. The Hall–Kier alpha value is -0.600. The molecule has 0 aliphatic carbocycles. The van der Waals surface area contributed by atoms with Gasteiger partial charge in [0.25, 0.3) is 0 Å². The maximum Gasteiger partial charge on any atom is 0.129 e. The van der Waals surface area contributed by atoms with Gasteiger partial charge in [0.2, 0.25) is 0 Å². The smallest absolute Gasteiger partial charge is 0.129 e. The van der Waals surface area contributed by atoms with Gasteiger partial charge in [0, 0.05) is 12.2 Å². The number of pyridine rings is 1. The largest absolute Gasteiger partial charge is 0.299 e. The quantitative estimate of drug-likeness (QED) is 0.642. The first-order valence-electron chi connectivity index (χ1n) is 4.59. The summed E-state index contributed by atoms with van der Waals surface area (Å²) in [6.45, 7) is 1.19. The Bertz CT molecular complexity index is 301. The fraction of sp³-hybridized carbons (Fsp3) is 0.500. The Labute approximate surface area is 83.5 Å². The molecule has 2 nitrogen and oxygen atoms in total. The van der Waals surface area contributed by atoms with Gasteiger partial charge in [-0.1, -0.05) is 11.6 Å². The van der Waals surface area contributed by atoms with Gasteiger partial charge in [-0.25, -0.2) is 4.98 Å². The molecule has 1 aliphatic heterocycles. The first-order chi connectivity index (χ1) is 6.27. The minimum absolute atomic E-state index is 0.542. The first-order valence-corrected chi connectivity index (χ1v) is 4.97. The van der Waals surface area contributed by atoms with Crippen molar-refractivity contribution in [1.29, 1.82) is 0 Å². The third-order valence-corrected chi connectivity index (χ3v) is 2.86. The molecule has 0 radical (unpaired) electrons. The van der Waals surface area contributed by atoms with E-state index >= 15 is 0 Å². The minimum Gasteiger partial charge on any atom is -0.299 e. The average molecular weight is 197 g/mol. The molecule has 1 saturated heterocycles. The van der Waals surface area contributed by atoms with Crippen molar-refractivity contribution in [3.63, 3.8) is 0 Å². The molecule has 1 unspecified atom stereocenters. The van der Waals surface area contributed by atoms with Crippen LogP contribution in [0.5, 0.6) is 0 Å². The normalized spacial score (nSPS) is 23.7. The SMILES string of the molecule is CN1CCCC1c1ccnc(Cl)c1. The third-order valence-electron chi connectivity index (χ3n) is 2.66. The van der Waals surface area contributed by atoms with Crippen LogP contribution in [0.4, 0.5) is 0 Å². The van der Waals surface area contributed by atoms with E-state index in [9.17, 15) is 0 Å². The third kappa shape index (κ3) is 1.84. The van der Waals surface area contributed by atoms with E-state index in [1.54, 1.807) is 6.20 Å². The highest BCUT2D eigenvalue weighted by Crippen LogP contribution is 2.30. The van der Waals surface area contributed by atoms with Gasteiger partial charge in [-0.15, -0.1) is 0 Å². The topological polar surface area (TPSA) is 16.1 Å². The van der Waals surface area contributed by atoms with Crippen LogP contribution in [0.25, 0.3) is 0 Å². The Morgan fingerprint density at radius 2 is 2.46 bits per heavy atom. The summed E-state index contributed by atoms with van der Waals surface area (Å²) in [5, 5.41) is 0.595. The number of halogens is 1. The molecule has 1 aromatic rings. The van der Waals surface area contributed by atoms with Gasteiger partial charge in [-0.05, 0) is 44.1 Å². The van der Waals surface area contributed by atoms with Crippen molar-refractivity contribution < 1.29 is 0 Å². The van der Waals surface area contributed by atoms with Gasteiger partial charge in [0.1, 0.15) is 5.15 Å². The number of aromatic nitrogens is 1. The Morgan fingerprint density at radius 3 is 3.08 bits per heavy atom. The minimum atomic E-state index is 0.542. The highest BCUT2D eigenvalue weighted by molar-refractivity contribution is 6.29. The van der Waals surface area contributed by atoms with Gasteiger partial charge in [0.05, 0.1) is 0 Å². The van der Waals surface area contributed by atoms with Crippen LogP contribution < -0.4 is 0 Å². The van der Waals surface area contributed by atoms with Gasteiger partial charge in [0.15, 0.2) is 0 Å². The molecular formula is C10H13ClN2. The highest BCUT2D eigenvalue weighted by Gasteiger charge is 2.22. The Morgan fingerprint density at radius 1 is 1.62 bits per heavy atom. The molecule has 0 aromatic carbocycles. The molecular weight excluding hydrogens is 184 g/mol. The Kier molecular flexibility index (Phi) is 2.51. The zero-order chi connectivity index (χ0) is 9.26. The lowest BCUT2D eigenvalue weighted by atomic mass is 10.1. The lowest BCUT2D eigenvalue weighted by molar-refractivity contribution is 0.317. The van der Waals surface area contributed by atoms with E-state index in [1.807, 2.05) is 6.07 Å². The number of hydrogen-bond acceptors (Lipinski definition) is 2. The van der Waals surface area contributed by atoms with E-state index in [-0.39, 0.29) is 0 Å². The van der Waals surface area contributed by atoms with Crippen molar-refractivity contribution >= 4 is 11.6 Å². The molecule has 0 amide bonds. The maximum absolute atomic E-state index is 5.84. The summed E-state index contributed by atoms with van der Waals surface area (Å²) in [5.74, 6) is 0. The number of hydrogen-bond donors (Lipinski definition) is 0. The van der Waals surface area contributed by atoms with Crippen LogP contribution in [0.1, 0.15) is 24.4 Å². The molecule has 0 spiro atoms. The molecule has 1 aromatic heterocycles. The molecule has 0 saturated carbocycles. The Balaban J connectivity index is 2.24. The predicted molar refractivity (Wildman–Crippen MR) is 53.9 cm³/mol. The summed E-state index contributed by atoms with van der Waals surface area (Å²) in [5.41, 5.74) is 1.29. The van der Waals surface area contributed by atoms with Gasteiger partial charge in [-0.3, -0.25) is 4.90 Å². The van der Waals surface area contributed by atoms with E-state index in [0.29, 0.717) is 11.2 Å². The van der Waals surface area contributed by atoms with E-state index in [1.165, 1.54) is 24.9 Å². The van der Waals surface area contributed by atoms with Crippen LogP contribution in [0.2, 0.25) is 5.15 Å². The lowest BCUT2D eigenvalue weighted by Gasteiger charge is -2.19. The summed E-state index contributed by atoms with van der Waals surface area (Å²) >= 11 is 5.84. The van der Waals surface area contributed by atoms with Crippen LogP contribution >= 0.6 is 11.6 Å². The number of rotatable bonds is 1. The summed E-state index contributed by atoms with van der Waals surface area (Å²) in [4.78, 5) is 6.35. The molecule has 2 heterocycles. The molecule has 0 bridgehead atoms. The van der Waals surface area contributed by atoms with Crippen LogP contribution in [-0.4, -0.2) is 23.5 Å². The van der Waals surface area contributed by atoms with Crippen LogP contribution in [0, 0.1) is 0 Å². The fourth-order valence-electron chi connectivity index (χ4n) is 1.96. The van der Waals surface area contributed by atoms with Crippen LogP contribution in [-0.2, 0) is 0 Å². The van der Waals surface area contributed by atoms with Crippen LogP contribution in [0.3, 0.4) is 0 Å². The van der Waals surface area contributed by atoms with E-state index < -0.39 is 0 Å². The zero-order valence-corrected chi connectivity index (χ0v) is 8.46. The van der Waals surface area contributed by atoms with E-state index in [0.717, 1.165) is 0 Å². The fourth-order valence-corrected chi connectivity index (χ4v) is 2.14. The second-order valence-corrected chi connectivity index (χ2v) is 3.94. The summed E-state index contributed by atoms with van der Waals surface area (Å²) in [7, 11) is 2.16. The van der Waals surface area contributed by atoms with Gasteiger partial charge in [-0.2, -0.15) is 0 Å². The number of nitrogens with zero attached hydrogens (tertiary/aromatic N) is 2. The van der Waals surface area contributed by atoms with Crippen molar-refractivity contribution in [3.8, 4) is 0 Å². The summed E-state index contributed by atoms with van der Waals surface area (Å²) in [6, 6.07) is 4.56. The number of likely N-dealkylation sites (tertiary alicyclic amines) is 1. The molecule has 70 valence electrons. The average Bonchev–Trinajstić information content (AvgIpc) is 2.51. The summed E-state index contributed by atoms with van der Waals surface area (Å²) in [6.07, 6.45) is 4.29. The molecule has 0 N–H and O–H groups in total. The molecule has 1 aliphatic rings. The summed E-state index contributed by atoms with van der Waals surface area (Å²) < 4.78 is 0. The molecule has 3 heteroatoms. The first kappa shape index (κ1) is 8.97. The standard InChI is InChI=1S/C10H13ClN2/c1-13-6-2-3-9(13)8-4-5-12-10(11)7-8/h4-5,7,9H,2-3,6H2,1H3. The molecule has 13 heavy (non-hydrogen) atoms. The predicted octanol–water partition coefficient (Wildman–Crippen LogP) is 2.50. The second-order valence-electron chi connectivity index (χ2n) is 3.55. The molecule has 2 rings (SSSR count). The monoisotopic (exact) mass is 196 g/mol.